The fourth-order valence-corrected chi connectivity index (χ4v) is 3.38. The van der Waals surface area contributed by atoms with Crippen molar-refractivity contribution in [2.75, 3.05) is 18.5 Å². The van der Waals surface area contributed by atoms with Gasteiger partial charge in [-0.2, -0.15) is 10.1 Å². The Morgan fingerprint density at radius 3 is 2.54 bits per heavy atom. The molecular formula is C15H20N6O3S2. The van der Waals surface area contributed by atoms with Crippen LogP contribution in [0.4, 0.5) is 5.69 Å². The normalized spacial score (nSPS) is 12.2. The zero-order valence-electron chi connectivity index (χ0n) is 14.3. The van der Waals surface area contributed by atoms with E-state index in [1.54, 1.807) is 12.1 Å². The molecule has 1 heterocycles. The Morgan fingerprint density at radius 1 is 1.35 bits per heavy atom. The topological polar surface area (TPSA) is 135 Å². The molecule has 9 nitrogen and oxygen atoms in total. The monoisotopic (exact) mass is 396 g/mol. The van der Waals surface area contributed by atoms with Crippen molar-refractivity contribution in [3.05, 3.63) is 41.7 Å². The summed E-state index contributed by atoms with van der Waals surface area (Å²) in [6, 6.07) is 7.80. The summed E-state index contributed by atoms with van der Waals surface area (Å²) in [4.78, 5) is 4.16. The zero-order chi connectivity index (χ0) is 19.3. The maximum Gasteiger partial charge on any atom is 0.240 e. The van der Waals surface area contributed by atoms with Crippen molar-refractivity contribution in [3.63, 3.8) is 0 Å². The van der Waals surface area contributed by atoms with Crippen LogP contribution in [0.2, 0.25) is 0 Å². The third-order valence-electron chi connectivity index (χ3n) is 3.26. The number of aliphatic imine (C=N–C) groups is 1. The lowest BCUT2D eigenvalue weighted by Gasteiger charge is -2.08. The van der Waals surface area contributed by atoms with Gasteiger partial charge in [0, 0.05) is 17.9 Å². The van der Waals surface area contributed by atoms with Crippen molar-refractivity contribution in [2.45, 2.75) is 18.7 Å². The van der Waals surface area contributed by atoms with E-state index >= 15 is 0 Å². The first-order valence-corrected chi connectivity index (χ1v) is 9.51. The van der Waals surface area contributed by atoms with E-state index in [2.05, 4.69) is 20.1 Å². The van der Waals surface area contributed by atoms with Gasteiger partial charge in [0.2, 0.25) is 21.1 Å². The highest BCUT2D eigenvalue weighted by atomic mass is 32.2. The Morgan fingerprint density at radius 2 is 2.00 bits per heavy atom. The van der Waals surface area contributed by atoms with Crippen molar-refractivity contribution in [2.24, 2.45) is 10.7 Å². The lowest BCUT2D eigenvalue weighted by atomic mass is 10.3. The lowest BCUT2D eigenvalue weighted by Crippen LogP contribution is -2.27. The molecule has 5 N–H and O–H groups in total. The molecule has 26 heavy (non-hydrogen) atoms. The van der Waals surface area contributed by atoms with Crippen LogP contribution in [0.25, 0.3) is 0 Å². The molecule has 0 aliphatic carbocycles. The third kappa shape index (κ3) is 5.08. The number of hydrogen-bond donors (Lipinski definition) is 4. The number of thiocarbonyl (C=S) groups is 1. The van der Waals surface area contributed by atoms with Crippen molar-refractivity contribution in [1.29, 1.82) is 0 Å². The highest BCUT2D eigenvalue weighted by Crippen LogP contribution is 2.14. The van der Waals surface area contributed by atoms with Crippen molar-refractivity contribution in [3.8, 4) is 0 Å². The molecule has 0 aliphatic rings. The van der Waals surface area contributed by atoms with Gasteiger partial charge in [0.25, 0.3) is 0 Å². The van der Waals surface area contributed by atoms with Crippen LogP contribution in [0.15, 0.2) is 40.2 Å². The molecule has 140 valence electrons. The van der Waals surface area contributed by atoms with Gasteiger partial charge in [0.1, 0.15) is 0 Å². The Hall–Kier alpha value is -2.34. The summed E-state index contributed by atoms with van der Waals surface area (Å²) in [6.07, 6.45) is 0. The molecule has 0 atom stereocenters. The summed E-state index contributed by atoms with van der Waals surface area (Å²) in [7, 11) is -3.65. The molecule has 0 saturated heterocycles. The quantitative estimate of drug-likeness (QED) is 0.325. The van der Waals surface area contributed by atoms with Crippen LogP contribution in [0.5, 0.6) is 0 Å². The maximum absolute atomic E-state index is 11.9. The fraction of sp³-hybridized carbons (Fsp3) is 0.267. The average molecular weight is 396 g/mol. The number of aromatic nitrogens is 2. The molecule has 2 rings (SSSR count). The number of nitrogens with zero attached hydrogens (tertiary/aromatic N) is 3. The molecule has 2 aromatic rings. The molecule has 0 radical (unpaired) electrons. The second-order valence-electron chi connectivity index (χ2n) is 5.38. The highest BCUT2D eigenvalue weighted by Gasteiger charge is 2.13. The Balaban J connectivity index is 2.08. The molecule has 0 amide bonds. The molecule has 0 fully saturated rings. The summed E-state index contributed by atoms with van der Waals surface area (Å²) < 4.78 is 27.6. The number of aryl methyl sites for hydroxylation is 2. The van der Waals surface area contributed by atoms with Gasteiger partial charge in [-0.05, 0) is 56.4 Å². The Bertz CT molecular complexity index is 919. The number of aliphatic hydroxyl groups excluding tert-OH is 1. The van der Waals surface area contributed by atoms with Crippen LogP contribution in [0, 0.1) is 13.8 Å². The second-order valence-corrected chi connectivity index (χ2v) is 7.54. The van der Waals surface area contributed by atoms with E-state index in [4.69, 9.17) is 23.1 Å². The molecule has 0 unspecified atom stereocenters. The largest absolute Gasteiger partial charge is 0.395 e. The number of sulfonamides is 1. The number of nitrogens with two attached hydrogens (primary N) is 1. The van der Waals surface area contributed by atoms with E-state index in [1.807, 2.05) is 19.9 Å². The maximum atomic E-state index is 11.9. The van der Waals surface area contributed by atoms with E-state index < -0.39 is 10.0 Å². The van der Waals surface area contributed by atoms with Crippen molar-refractivity contribution >= 4 is 39.0 Å². The van der Waals surface area contributed by atoms with Gasteiger partial charge in [0.05, 0.1) is 17.2 Å². The second kappa shape index (κ2) is 8.36. The molecule has 0 aliphatic heterocycles. The highest BCUT2D eigenvalue weighted by molar-refractivity contribution is 7.89. The summed E-state index contributed by atoms with van der Waals surface area (Å²) >= 11 is 5.15. The first-order chi connectivity index (χ1) is 12.2. The minimum Gasteiger partial charge on any atom is -0.395 e. The van der Waals surface area contributed by atoms with Gasteiger partial charge in [-0.15, -0.1) is 0 Å². The van der Waals surface area contributed by atoms with E-state index in [9.17, 15) is 8.42 Å². The molecule has 0 saturated carbocycles. The first kappa shape index (κ1) is 20.0. The van der Waals surface area contributed by atoms with E-state index in [-0.39, 0.29) is 29.1 Å². The smallest absolute Gasteiger partial charge is 0.240 e. The average Bonchev–Trinajstić information content (AvgIpc) is 2.92. The zero-order valence-corrected chi connectivity index (χ0v) is 15.9. The van der Waals surface area contributed by atoms with E-state index in [1.165, 1.54) is 16.8 Å². The number of anilines is 1. The lowest BCUT2D eigenvalue weighted by molar-refractivity contribution is 0.301. The van der Waals surface area contributed by atoms with Crippen molar-refractivity contribution < 1.29 is 13.5 Å². The number of hydrogen-bond acceptors (Lipinski definition) is 5. The predicted octanol–water partition coefficient (Wildman–Crippen LogP) is 0.330. The van der Waals surface area contributed by atoms with Crippen LogP contribution >= 0.6 is 12.2 Å². The van der Waals surface area contributed by atoms with Crippen LogP contribution in [0.3, 0.4) is 0 Å². The van der Waals surface area contributed by atoms with Crippen molar-refractivity contribution in [1.82, 2.24) is 14.5 Å². The summed E-state index contributed by atoms with van der Waals surface area (Å²) in [5, 5.41) is 15.9. The molecule has 1 aromatic carbocycles. The van der Waals surface area contributed by atoms with Crippen LogP contribution in [0.1, 0.15) is 11.4 Å². The molecule has 11 heteroatoms. The standard InChI is InChI=1S/C15H20N6O3S2/c1-10-9-11(2)21(20-10)14(16)19-15(25)18-12-3-5-13(6-4-12)26(23,24)17-7-8-22/h3-6,9,17,22H,7-8H2,1-2H3,(H3,16,18,19,25). The SMILES string of the molecule is Cc1cc(C)n(/C(N)=N/C(=S)Nc2ccc(S(=O)(=O)NCCO)cc2)n1. The first-order valence-electron chi connectivity index (χ1n) is 7.62. The van der Waals surface area contributed by atoms with Gasteiger partial charge in [-0.1, -0.05) is 0 Å². The predicted molar refractivity (Wildman–Crippen MR) is 104 cm³/mol. The minimum atomic E-state index is -3.65. The van der Waals surface area contributed by atoms with Gasteiger partial charge >= 0.3 is 0 Å². The number of nitrogens with one attached hydrogen (secondary N) is 2. The van der Waals surface area contributed by atoms with Crippen LogP contribution in [-0.4, -0.2) is 47.5 Å². The molecule has 1 aromatic heterocycles. The minimum absolute atomic E-state index is 0.0489. The summed E-state index contributed by atoms with van der Waals surface area (Å²) in [5.41, 5.74) is 8.10. The molecule has 0 bridgehead atoms. The van der Waals surface area contributed by atoms with Gasteiger partial charge in [0.15, 0.2) is 0 Å². The van der Waals surface area contributed by atoms with E-state index in [0.717, 1.165) is 11.4 Å². The summed E-state index contributed by atoms with van der Waals surface area (Å²) in [6.45, 7) is 3.37. The molecular weight excluding hydrogens is 376 g/mol. The Labute approximate surface area is 157 Å². The number of rotatable bonds is 5. The third-order valence-corrected chi connectivity index (χ3v) is 4.93. The van der Waals surface area contributed by atoms with Gasteiger partial charge in [-0.3, -0.25) is 0 Å². The van der Waals surface area contributed by atoms with Gasteiger partial charge < -0.3 is 16.2 Å². The van der Waals surface area contributed by atoms with Gasteiger partial charge in [-0.25, -0.2) is 17.8 Å². The molecule has 0 spiro atoms. The van der Waals surface area contributed by atoms with Crippen LogP contribution < -0.4 is 15.8 Å². The van der Waals surface area contributed by atoms with Crippen LogP contribution in [-0.2, 0) is 10.0 Å². The fourth-order valence-electron chi connectivity index (χ4n) is 2.14. The summed E-state index contributed by atoms with van der Waals surface area (Å²) in [5.74, 6) is 0.125. The number of benzene rings is 1. The number of aliphatic hydroxyl groups is 1. The Kier molecular flexibility index (Phi) is 6.42. The van der Waals surface area contributed by atoms with E-state index in [0.29, 0.717) is 5.69 Å².